The number of hydrogen-bond acceptors (Lipinski definition) is 3. The molecule has 0 aliphatic heterocycles. The zero-order chi connectivity index (χ0) is 23.6. The predicted molar refractivity (Wildman–Crippen MR) is 113 cm³/mol. The van der Waals surface area contributed by atoms with Crippen LogP contribution in [0.5, 0.6) is 0 Å². The first-order valence-electron chi connectivity index (χ1n) is 9.31. The van der Waals surface area contributed by atoms with Gasteiger partial charge in [-0.1, -0.05) is 35.4 Å². The van der Waals surface area contributed by atoms with E-state index in [0.29, 0.717) is 0 Å². The van der Waals surface area contributed by atoms with Crippen molar-refractivity contribution in [2.75, 3.05) is 0 Å². The van der Waals surface area contributed by atoms with Gasteiger partial charge in [-0.3, -0.25) is 0 Å². The Balaban J connectivity index is 0.000000366. The maximum Gasteiger partial charge on any atom is 0.485 e. The minimum Gasteiger partial charge on any atom is -0.741 e. The first kappa shape index (κ1) is 24.6. The van der Waals surface area contributed by atoms with E-state index in [2.05, 4.69) is 83.1 Å². The highest BCUT2D eigenvalue weighted by atomic mass is 32.2. The maximum absolute atomic E-state index is 10.7. The molecule has 1 aromatic heterocycles. The Bertz CT molecular complexity index is 1130. The molecule has 0 fully saturated rings. The molecule has 0 amide bonds. The molecule has 0 aliphatic carbocycles. The Morgan fingerprint density at radius 3 is 1.35 bits per heavy atom. The lowest BCUT2D eigenvalue weighted by atomic mass is 10.0. The molecule has 0 unspecified atom stereocenters. The molecule has 0 aliphatic rings. The topological polar surface area (TPSA) is 68.5 Å². The molecule has 4 nitrogen and oxygen atoms in total. The van der Waals surface area contributed by atoms with Gasteiger partial charge in [-0.15, -0.1) is 0 Å². The Morgan fingerprint density at radius 2 is 1.06 bits per heavy atom. The summed E-state index contributed by atoms with van der Waals surface area (Å²) in [4.78, 5) is 0. The average molecular weight is 452 g/mol. The Morgan fingerprint density at radius 1 is 0.710 bits per heavy atom. The molecule has 0 saturated heterocycles. The lowest BCUT2D eigenvalue weighted by Gasteiger charge is -2.08. The van der Waals surface area contributed by atoms with Crippen LogP contribution < -0.4 is 0 Å². The monoisotopic (exact) mass is 452 g/mol. The van der Waals surface area contributed by atoms with Crippen molar-refractivity contribution in [3.63, 3.8) is 0 Å². The summed E-state index contributed by atoms with van der Waals surface area (Å²) in [6, 6.07) is 17.2. The number of rotatable bonds is 2. The fourth-order valence-electron chi connectivity index (χ4n) is 3.08. The second-order valence-electron chi connectivity index (χ2n) is 7.40. The van der Waals surface area contributed by atoms with Gasteiger partial charge >= 0.3 is 17.0 Å². The van der Waals surface area contributed by atoms with E-state index in [0.717, 1.165) is 22.6 Å². The molecule has 0 radical (unpaired) electrons. The lowest BCUT2D eigenvalue weighted by Crippen LogP contribution is -2.21. The lowest BCUT2D eigenvalue weighted by molar-refractivity contribution is -0.0517. The molecular formula is C23H23F3O4S. The van der Waals surface area contributed by atoms with Gasteiger partial charge in [-0.05, 0) is 63.4 Å². The zero-order valence-electron chi connectivity index (χ0n) is 17.8. The molecular weight excluding hydrogens is 429 g/mol. The van der Waals surface area contributed by atoms with Crippen molar-refractivity contribution in [2.24, 2.45) is 0 Å². The quantitative estimate of drug-likeness (QED) is 0.253. The number of aryl methyl sites for hydroxylation is 5. The summed E-state index contributed by atoms with van der Waals surface area (Å²) in [5.74, 6) is 1.86. The van der Waals surface area contributed by atoms with Crippen LogP contribution in [0, 0.1) is 34.6 Å². The van der Waals surface area contributed by atoms with Crippen molar-refractivity contribution in [2.45, 2.75) is 40.1 Å². The summed E-state index contributed by atoms with van der Waals surface area (Å²) in [6.45, 7) is 10.6. The van der Waals surface area contributed by atoms with Crippen LogP contribution >= 0.6 is 0 Å². The van der Waals surface area contributed by atoms with Crippen LogP contribution in [0.15, 0.2) is 52.9 Å². The Hall–Kier alpha value is -2.71. The molecule has 3 rings (SSSR count). The molecule has 2 aromatic carbocycles. The van der Waals surface area contributed by atoms with Gasteiger partial charge in [0.1, 0.15) is 0 Å². The van der Waals surface area contributed by atoms with E-state index < -0.39 is 15.6 Å². The van der Waals surface area contributed by atoms with Crippen LogP contribution in [0.1, 0.15) is 27.8 Å². The van der Waals surface area contributed by atoms with Crippen molar-refractivity contribution in [3.8, 4) is 22.6 Å². The van der Waals surface area contributed by atoms with Crippen molar-refractivity contribution >= 4 is 10.1 Å². The maximum atomic E-state index is 10.7. The highest BCUT2D eigenvalue weighted by Crippen LogP contribution is 2.32. The van der Waals surface area contributed by atoms with Crippen molar-refractivity contribution in [3.05, 3.63) is 76.3 Å². The highest BCUT2D eigenvalue weighted by Gasteiger charge is 2.36. The molecule has 1 heterocycles. The molecule has 3 aromatic rings. The van der Waals surface area contributed by atoms with Crippen LogP contribution in [0.3, 0.4) is 0 Å². The fourth-order valence-corrected chi connectivity index (χ4v) is 3.08. The fraction of sp³-hybridized carbons (Fsp3) is 0.261. The van der Waals surface area contributed by atoms with E-state index in [9.17, 15) is 13.2 Å². The third kappa shape index (κ3) is 6.38. The zero-order valence-corrected chi connectivity index (χ0v) is 18.6. The van der Waals surface area contributed by atoms with Crippen molar-refractivity contribution in [1.82, 2.24) is 0 Å². The van der Waals surface area contributed by atoms with Crippen LogP contribution in [-0.2, 0) is 10.1 Å². The highest BCUT2D eigenvalue weighted by molar-refractivity contribution is 7.86. The van der Waals surface area contributed by atoms with Gasteiger partial charge in [0, 0.05) is 12.1 Å². The first-order chi connectivity index (χ1) is 14.2. The number of benzene rings is 2. The summed E-state index contributed by atoms with van der Waals surface area (Å²) >= 11 is 0. The second kappa shape index (κ2) is 9.20. The summed E-state index contributed by atoms with van der Waals surface area (Å²) in [6.07, 6.45) is 0. The summed E-state index contributed by atoms with van der Waals surface area (Å²) < 4.78 is 65.2. The molecule has 0 spiro atoms. The summed E-state index contributed by atoms with van der Waals surface area (Å²) in [5.41, 5.74) is 2.91. The molecule has 0 atom stereocenters. The van der Waals surface area contributed by atoms with Gasteiger partial charge in [0.2, 0.25) is 0 Å². The molecule has 166 valence electrons. The average Bonchev–Trinajstić information content (AvgIpc) is 2.60. The van der Waals surface area contributed by atoms with E-state index in [1.54, 1.807) is 0 Å². The largest absolute Gasteiger partial charge is 0.741 e. The second-order valence-corrected chi connectivity index (χ2v) is 8.77. The number of alkyl halides is 3. The molecule has 0 N–H and O–H groups in total. The first-order valence-corrected chi connectivity index (χ1v) is 10.7. The van der Waals surface area contributed by atoms with Gasteiger partial charge in [0.25, 0.3) is 0 Å². The number of hydrogen-bond donors (Lipinski definition) is 0. The van der Waals surface area contributed by atoms with Gasteiger partial charge in [0.05, 0.1) is 11.1 Å². The molecule has 31 heavy (non-hydrogen) atoms. The van der Waals surface area contributed by atoms with Crippen LogP contribution in [0.4, 0.5) is 13.2 Å². The van der Waals surface area contributed by atoms with Gasteiger partial charge < -0.3 is 4.55 Å². The van der Waals surface area contributed by atoms with Crippen molar-refractivity contribution in [1.29, 1.82) is 0 Å². The Kier molecular flexibility index (Phi) is 7.28. The standard InChI is InChI=1S/C22H23O.CHF3O3S/c1-14-6-8-19(17(4)10-14)21-12-16(3)13-22(23-21)20-9-7-15(2)11-18(20)5;2-1(3,4)8(5,6)7/h6-13H,1-5H3;(H,5,6,7)/q+1;/p-1. The minimum atomic E-state index is -6.09. The van der Waals surface area contributed by atoms with Crippen LogP contribution in [-0.4, -0.2) is 18.5 Å². The predicted octanol–water partition coefficient (Wildman–Crippen LogP) is 6.49. The van der Waals surface area contributed by atoms with Crippen LogP contribution in [0.2, 0.25) is 0 Å². The third-order valence-electron chi connectivity index (χ3n) is 4.52. The van der Waals surface area contributed by atoms with E-state index in [1.807, 2.05) is 0 Å². The SMILES string of the molecule is Cc1cc(-c2ccc(C)cc2C)[o+]c(-c2ccc(C)cc2C)c1.O=S(=O)([O-])C(F)(F)F. The summed E-state index contributed by atoms with van der Waals surface area (Å²) in [7, 11) is -6.09. The van der Waals surface area contributed by atoms with E-state index in [1.165, 1.54) is 27.8 Å². The van der Waals surface area contributed by atoms with E-state index in [-0.39, 0.29) is 0 Å². The molecule has 0 saturated carbocycles. The normalized spacial score (nSPS) is 11.6. The smallest absolute Gasteiger partial charge is 0.485 e. The minimum absolute atomic E-state index is 0.928. The Labute approximate surface area is 180 Å². The van der Waals surface area contributed by atoms with Gasteiger partial charge in [0.15, 0.2) is 10.1 Å². The van der Waals surface area contributed by atoms with Crippen molar-refractivity contribution < 1.29 is 30.6 Å². The van der Waals surface area contributed by atoms with Crippen LogP contribution in [0.25, 0.3) is 22.6 Å². The van der Waals surface area contributed by atoms with E-state index in [4.69, 9.17) is 17.4 Å². The van der Waals surface area contributed by atoms with Gasteiger partial charge in [-0.2, -0.15) is 13.2 Å². The van der Waals surface area contributed by atoms with E-state index >= 15 is 0 Å². The van der Waals surface area contributed by atoms with Gasteiger partial charge in [-0.25, -0.2) is 12.8 Å². The molecule has 0 bridgehead atoms. The third-order valence-corrected chi connectivity index (χ3v) is 5.08. The molecule has 8 heteroatoms. The summed E-state index contributed by atoms with van der Waals surface area (Å²) in [5, 5.41) is 0. The number of halogens is 3.